The van der Waals surface area contributed by atoms with Crippen LogP contribution in [0.25, 0.3) is 0 Å². The first kappa shape index (κ1) is 14.4. The maximum Gasteiger partial charge on any atom is 0.309 e. The lowest BCUT2D eigenvalue weighted by Crippen LogP contribution is -2.38. The molecular formula is C11H20O5S. The van der Waals surface area contributed by atoms with E-state index in [1.165, 1.54) is 0 Å². The number of carbonyl (C=O) groups is 1. The average molecular weight is 264 g/mol. The van der Waals surface area contributed by atoms with Crippen molar-refractivity contribution in [3.63, 3.8) is 0 Å². The Morgan fingerprint density at radius 2 is 1.88 bits per heavy atom. The first-order chi connectivity index (χ1) is 7.92. The third-order valence-electron chi connectivity index (χ3n) is 3.31. The number of sulfone groups is 1. The van der Waals surface area contributed by atoms with Gasteiger partial charge in [-0.1, -0.05) is 6.92 Å². The fraction of sp³-hybridized carbons (Fsp3) is 0.909. The Morgan fingerprint density at radius 1 is 1.29 bits per heavy atom. The van der Waals surface area contributed by atoms with E-state index in [1.54, 1.807) is 6.92 Å². The molecule has 5 nitrogen and oxygen atoms in total. The third-order valence-corrected chi connectivity index (χ3v) is 5.17. The van der Waals surface area contributed by atoms with Crippen LogP contribution in [0.2, 0.25) is 0 Å². The lowest BCUT2D eigenvalue weighted by Gasteiger charge is -2.32. The fourth-order valence-electron chi connectivity index (χ4n) is 2.10. The fourth-order valence-corrected chi connectivity index (χ4v) is 3.62. The predicted molar refractivity (Wildman–Crippen MR) is 63.7 cm³/mol. The summed E-state index contributed by atoms with van der Waals surface area (Å²) in [6.45, 7) is 2.61. The Labute approximate surface area is 102 Å². The van der Waals surface area contributed by atoms with Crippen molar-refractivity contribution in [1.82, 2.24) is 0 Å². The van der Waals surface area contributed by atoms with Crippen molar-refractivity contribution in [1.29, 1.82) is 0 Å². The third kappa shape index (κ3) is 3.96. The smallest absolute Gasteiger partial charge is 0.309 e. The summed E-state index contributed by atoms with van der Waals surface area (Å²) in [6, 6.07) is 0. The molecule has 0 saturated carbocycles. The molecule has 0 bridgehead atoms. The van der Waals surface area contributed by atoms with Gasteiger partial charge >= 0.3 is 5.97 Å². The molecule has 1 fully saturated rings. The first-order valence-electron chi connectivity index (χ1n) is 5.93. The Morgan fingerprint density at radius 3 is 2.35 bits per heavy atom. The van der Waals surface area contributed by atoms with Gasteiger partial charge in [0.05, 0.1) is 11.2 Å². The zero-order valence-corrected chi connectivity index (χ0v) is 11.0. The van der Waals surface area contributed by atoms with Crippen molar-refractivity contribution in [3.05, 3.63) is 0 Å². The summed E-state index contributed by atoms with van der Waals surface area (Å²) in [4.78, 5) is 11.3. The minimum absolute atomic E-state index is 0.0346. The summed E-state index contributed by atoms with van der Waals surface area (Å²) in [7, 11) is -3.11. The van der Waals surface area contributed by atoms with Crippen LogP contribution in [0.4, 0.5) is 0 Å². The van der Waals surface area contributed by atoms with Gasteiger partial charge in [-0.15, -0.1) is 0 Å². The standard InChI is InChI=1S/C11H20O5S/c1-2-8-17(14,15)9-5-11(10(12)13)3-6-16-7-4-11/h2-9H2,1H3,(H,12,13). The molecule has 1 N–H and O–H groups in total. The summed E-state index contributed by atoms with van der Waals surface area (Å²) in [5, 5.41) is 9.27. The molecule has 0 unspecified atom stereocenters. The molecule has 0 atom stereocenters. The lowest BCUT2D eigenvalue weighted by molar-refractivity contribution is -0.155. The van der Waals surface area contributed by atoms with Crippen molar-refractivity contribution in [2.75, 3.05) is 24.7 Å². The van der Waals surface area contributed by atoms with Gasteiger partial charge in [-0.05, 0) is 25.7 Å². The van der Waals surface area contributed by atoms with E-state index in [-0.39, 0.29) is 17.9 Å². The highest BCUT2D eigenvalue weighted by Crippen LogP contribution is 2.35. The number of aliphatic carboxylic acids is 1. The molecule has 0 aliphatic carbocycles. The Kier molecular flexibility index (Phi) is 4.94. The molecule has 100 valence electrons. The molecule has 1 rings (SSSR count). The monoisotopic (exact) mass is 264 g/mol. The molecule has 0 amide bonds. The highest BCUT2D eigenvalue weighted by atomic mass is 32.2. The summed E-state index contributed by atoms with van der Waals surface area (Å²) in [6.07, 6.45) is 1.59. The van der Waals surface area contributed by atoms with Gasteiger partial charge in [0.1, 0.15) is 9.84 Å². The van der Waals surface area contributed by atoms with Gasteiger partial charge in [-0.2, -0.15) is 0 Å². The number of ether oxygens (including phenoxy) is 1. The summed E-state index contributed by atoms with van der Waals surface area (Å²) >= 11 is 0. The molecule has 0 aromatic rings. The molecule has 17 heavy (non-hydrogen) atoms. The van der Waals surface area contributed by atoms with Crippen LogP contribution in [0.5, 0.6) is 0 Å². The van der Waals surface area contributed by atoms with Crippen molar-refractivity contribution in [3.8, 4) is 0 Å². The predicted octanol–water partition coefficient (Wildman–Crippen LogP) is 1.08. The summed E-state index contributed by atoms with van der Waals surface area (Å²) < 4.78 is 28.4. The number of carboxylic acid groups (broad SMARTS) is 1. The topological polar surface area (TPSA) is 80.7 Å². The van der Waals surface area contributed by atoms with Gasteiger partial charge in [0, 0.05) is 19.0 Å². The van der Waals surface area contributed by atoms with Gasteiger partial charge in [-0.3, -0.25) is 4.79 Å². The summed E-state index contributed by atoms with van der Waals surface area (Å²) in [5.41, 5.74) is -0.904. The highest BCUT2D eigenvalue weighted by Gasteiger charge is 2.40. The molecular weight excluding hydrogens is 244 g/mol. The van der Waals surface area contributed by atoms with E-state index in [0.29, 0.717) is 32.5 Å². The van der Waals surface area contributed by atoms with E-state index < -0.39 is 21.2 Å². The average Bonchev–Trinajstić information content (AvgIpc) is 2.28. The molecule has 0 aromatic carbocycles. The minimum atomic E-state index is -3.11. The van der Waals surface area contributed by atoms with Gasteiger partial charge in [-0.25, -0.2) is 8.42 Å². The highest BCUT2D eigenvalue weighted by molar-refractivity contribution is 7.91. The quantitative estimate of drug-likeness (QED) is 0.776. The Balaban J connectivity index is 2.65. The van der Waals surface area contributed by atoms with Crippen LogP contribution in [0.15, 0.2) is 0 Å². The second kappa shape index (κ2) is 5.82. The molecule has 1 aliphatic heterocycles. The molecule has 1 aliphatic rings. The summed E-state index contributed by atoms with van der Waals surface area (Å²) in [5.74, 6) is -0.792. The van der Waals surface area contributed by atoms with Gasteiger partial charge < -0.3 is 9.84 Å². The Bertz CT molecular complexity index is 354. The van der Waals surface area contributed by atoms with E-state index in [9.17, 15) is 18.3 Å². The number of rotatable bonds is 6. The lowest BCUT2D eigenvalue weighted by atomic mass is 9.78. The second-order valence-corrected chi connectivity index (χ2v) is 6.90. The molecule has 1 saturated heterocycles. The SMILES string of the molecule is CCCS(=O)(=O)CCC1(C(=O)O)CCOCC1. The van der Waals surface area contributed by atoms with Crippen LogP contribution in [0.1, 0.15) is 32.6 Å². The number of carboxylic acids is 1. The maximum atomic E-state index is 11.6. The molecule has 0 radical (unpaired) electrons. The van der Waals surface area contributed by atoms with Crippen LogP contribution in [-0.4, -0.2) is 44.2 Å². The minimum Gasteiger partial charge on any atom is -0.481 e. The largest absolute Gasteiger partial charge is 0.481 e. The van der Waals surface area contributed by atoms with Crippen LogP contribution >= 0.6 is 0 Å². The van der Waals surface area contributed by atoms with Crippen molar-refractivity contribution >= 4 is 15.8 Å². The van der Waals surface area contributed by atoms with Crippen LogP contribution in [0.3, 0.4) is 0 Å². The van der Waals surface area contributed by atoms with Crippen molar-refractivity contribution < 1.29 is 23.1 Å². The maximum absolute atomic E-state index is 11.6. The van der Waals surface area contributed by atoms with E-state index >= 15 is 0 Å². The van der Waals surface area contributed by atoms with Gasteiger partial charge in [0.25, 0.3) is 0 Å². The van der Waals surface area contributed by atoms with Crippen LogP contribution in [-0.2, 0) is 19.4 Å². The molecule has 0 aromatic heterocycles. The number of hydrogen-bond donors (Lipinski definition) is 1. The second-order valence-electron chi connectivity index (χ2n) is 4.60. The molecule has 1 heterocycles. The normalized spacial score (nSPS) is 20.1. The zero-order valence-electron chi connectivity index (χ0n) is 10.1. The van der Waals surface area contributed by atoms with Crippen molar-refractivity contribution in [2.24, 2.45) is 5.41 Å². The molecule has 0 spiro atoms. The van der Waals surface area contributed by atoms with Gasteiger partial charge in [0.2, 0.25) is 0 Å². The molecule has 6 heteroatoms. The van der Waals surface area contributed by atoms with Gasteiger partial charge in [0.15, 0.2) is 0 Å². The van der Waals surface area contributed by atoms with Crippen LogP contribution < -0.4 is 0 Å². The first-order valence-corrected chi connectivity index (χ1v) is 7.75. The van der Waals surface area contributed by atoms with Crippen molar-refractivity contribution in [2.45, 2.75) is 32.6 Å². The van der Waals surface area contributed by atoms with E-state index in [0.717, 1.165) is 0 Å². The van der Waals surface area contributed by atoms with Crippen LogP contribution in [0, 0.1) is 5.41 Å². The Hall–Kier alpha value is -0.620. The van der Waals surface area contributed by atoms with E-state index in [1.807, 2.05) is 0 Å². The number of hydrogen-bond acceptors (Lipinski definition) is 4. The van der Waals surface area contributed by atoms with E-state index in [2.05, 4.69) is 0 Å². The zero-order chi connectivity index (χ0) is 12.9. The van der Waals surface area contributed by atoms with E-state index in [4.69, 9.17) is 4.74 Å².